The van der Waals surface area contributed by atoms with Gasteiger partial charge in [-0.05, 0) is 46.1 Å². The van der Waals surface area contributed by atoms with Crippen LogP contribution in [0.15, 0.2) is 23.0 Å². The van der Waals surface area contributed by atoms with Gasteiger partial charge in [-0.2, -0.15) is 0 Å². The van der Waals surface area contributed by atoms with Crippen LogP contribution in [0.2, 0.25) is 0 Å². The molecule has 0 radical (unpaired) electrons. The van der Waals surface area contributed by atoms with E-state index in [0.717, 1.165) is 56.0 Å². The molecule has 1 aromatic carbocycles. The van der Waals surface area contributed by atoms with Crippen molar-refractivity contribution in [3.05, 3.63) is 62.3 Å². The molecule has 2 aromatic rings. The van der Waals surface area contributed by atoms with Crippen molar-refractivity contribution in [2.45, 2.75) is 78.0 Å². The Morgan fingerprint density at radius 1 is 1.12 bits per heavy atom. The molecule has 3 aliphatic rings. The topological polar surface area (TPSA) is 70.5 Å². The summed E-state index contributed by atoms with van der Waals surface area (Å²) >= 11 is 0. The summed E-state index contributed by atoms with van der Waals surface area (Å²) in [7, 11) is 0. The van der Waals surface area contributed by atoms with Gasteiger partial charge in [-0.25, -0.2) is 9.78 Å². The largest absolute Gasteiger partial charge is 0.336 e. The highest BCUT2D eigenvalue weighted by Crippen LogP contribution is 2.41. The third-order valence-electron chi connectivity index (χ3n) is 7.42. The highest BCUT2D eigenvalue weighted by Gasteiger charge is 2.48. The molecule has 176 valence electrons. The minimum Gasteiger partial charge on any atom is -0.336 e. The van der Waals surface area contributed by atoms with E-state index < -0.39 is 0 Å². The predicted octanol–water partition coefficient (Wildman–Crippen LogP) is 2.88. The van der Waals surface area contributed by atoms with Crippen molar-refractivity contribution in [2.75, 3.05) is 19.6 Å². The van der Waals surface area contributed by atoms with Crippen LogP contribution in [0.3, 0.4) is 0 Å². The highest BCUT2D eigenvalue weighted by atomic mass is 16.2. The van der Waals surface area contributed by atoms with Gasteiger partial charge in [-0.15, -0.1) is 0 Å². The Morgan fingerprint density at radius 2 is 1.85 bits per heavy atom. The number of carbonyl (C=O) groups is 1. The van der Waals surface area contributed by atoms with E-state index in [0.29, 0.717) is 19.6 Å². The number of nitrogens with zero attached hydrogens (tertiary/aromatic N) is 4. The monoisotopic (exact) mass is 449 g/mol. The van der Waals surface area contributed by atoms with Crippen molar-refractivity contribution in [2.24, 2.45) is 0 Å². The van der Waals surface area contributed by atoms with E-state index in [4.69, 9.17) is 4.98 Å². The van der Waals surface area contributed by atoms with Gasteiger partial charge in [-0.1, -0.05) is 29.3 Å². The zero-order valence-electron chi connectivity index (χ0n) is 20.3. The molecule has 1 N–H and O–H groups in total. The molecule has 1 aromatic heterocycles. The zero-order valence-corrected chi connectivity index (χ0v) is 20.3. The molecule has 4 heterocycles. The maximum atomic E-state index is 13.5. The number of amides is 2. The second-order valence-corrected chi connectivity index (χ2v) is 10.6. The van der Waals surface area contributed by atoms with Crippen LogP contribution >= 0.6 is 0 Å². The number of carbonyl (C=O) groups excluding carboxylic acids is 1. The smallest absolute Gasteiger partial charge is 0.317 e. The van der Waals surface area contributed by atoms with E-state index in [9.17, 15) is 9.59 Å². The molecule has 1 spiro atoms. The van der Waals surface area contributed by atoms with E-state index in [1.807, 2.05) is 23.3 Å². The minimum absolute atomic E-state index is 0.0114. The fourth-order valence-electron chi connectivity index (χ4n) is 5.94. The molecule has 1 saturated heterocycles. The third kappa shape index (κ3) is 4.07. The molecule has 1 unspecified atom stereocenters. The lowest BCUT2D eigenvalue weighted by Crippen LogP contribution is -2.43. The molecule has 0 aliphatic carbocycles. The molecule has 0 saturated carbocycles. The number of aryl methyl sites for hydroxylation is 2. The normalized spacial score (nSPS) is 22.2. The number of aromatic nitrogens is 2. The second kappa shape index (κ2) is 8.28. The summed E-state index contributed by atoms with van der Waals surface area (Å²) in [4.78, 5) is 35.4. The summed E-state index contributed by atoms with van der Waals surface area (Å²) in [6.07, 6.45) is 2.56. The van der Waals surface area contributed by atoms with Crippen LogP contribution < -0.4 is 10.9 Å². The number of hydrogen-bond acceptors (Lipinski definition) is 4. The maximum absolute atomic E-state index is 13.5. The Labute approximate surface area is 195 Å². The molecule has 33 heavy (non-hydrogen) atoms. The lowest BCUT2D eigenvalue weighted by molar-refractivity contribution is 0.202. The molecule has 3 aliphatic heterocycles. The average Bonchev–Trinajstić information content (AvgIpc) is 3.33. The van der Waals surface area contributed by atoms with Gasteiger partial charge in [0.25, 0.3) is 5.56 Å². The second-order valence-electron chi connectivity index (χ2n) is 10.6. The molecule has 1 fully saturated rings. The summed E-state index contributed by atoms with van der Waals surface area (Å²) in [6, 6.07) is 6.77. The van der Waals surface area contributed by atoms with Crippen molar-refractivity contribution in [1.29, 1.82) is 0 Å². The lowest BCUT2D eigenvalue weighted by Gasteiger charge is -2.30. The quantitative estimate of drug-likeness (QED) is 0.782. The fourth-order valence-corrected chi connectivity index (χ4v) is 5.94. The Bertz CT molecular complexity index is 1130. The van der Waals surface area contributed by atoms with Crippen LogP contribution in [0, 0.1) is 13.8 Å². The number of nitrogens with one attached hydrogen (secondary N) is 1. The van der Waals surface area contributed by atoms with Gasteiger partial charge in [-0.3, -0.25) is 14.3 Å². The lowest BCUT2D eigenvalue weighted by atomic mass is 9.85. The van der Waals surface area contributed by atoms with E-state index in [2.05, 4.69) is 42.3 Å². The van der Waals surface area contributed by atoms with Gasteiger partial charge in [0.05, 0.1) is 11.3 Å². The Balaban J connectivity index is 1.37. The number of hydrogen-bond donors (Lipinski definition) is 1. The standard InChI is InChI=1S/C26H35N5O2/c1-17(2)27-25(33)30-9-6-26(16-30)7-10-31-23(32)21-15-29(8-5-22(21)28-24(26)31)14-20-12-18(3)11-19(4)13-20/h11-13,17H,5-10,14-16H2,1-4H3,(H,27,33). The van der Waals surface area contributed by atoms with Crippen LogP contribution in [0.5, 0.6) is 0 Å². The summed E-state index contributed by atoms with van der Waals surface area (Å²) in [6.45, 7) is 12.7. The molecular weight excluding hydrogens is 414 g/mol. The number of urea groups is 1. The molecule has 7 heteroatoms. The first-order valence-corrected chi connectivity index (χ1v) is 12.2. The predicted molar refractivity (Wildman–Crippen MR) is 128 cm³/mol. The Morgan fingerprint density at radius 3 is 2.58 bits per heavy atom. The van der Waals surface area contributed by atoms with Crippen LogP contribution in [0.4, 0.5) is 4.79 Å². The SMILES string of the molecule is Cc1cc(C)cc(CN2CCc3nc4n(c(=O)c3C2)CCC42CCN(C(=O)NC(C)C)C2)c1. The van der Waals surface area contributed by atoms with Crippen molar-refractivity contribution in [3.8, 4) is 0 Å². The van der Waals surface area contributed by atoms with Gasteiger partial charge in [0.1, 0.15) is 5.82 Å². The molecule has 2 amide bonds. The third-order valence-corrected chi connectivity index (χ3v) is 7.42. The van der Waals surface area contributed by atoms with Crippen molar-refractivity contribution in [3.63, 3.8) is 0 Å². The van der Waals surface area contributed by atoms with Gasteiger partial charge >= 0.3 is 6.03 Å². The van der Waals surface area contributed by atoms with Gasteiger partial charge in [0, 0.05) is 57.1 Å². The van der Waals surface area contributed by atoms with Crippen molar-refractivity contribution in [1.82, 2.24) is 24.7 Å². The first kappa shape index (κ1) is 22.1. The number of rotatable bonds is 3. The molecule has 0 bridgehead atoms. The van der Waals surface area contributed by atoms with Gasteiger partial charge in [0.15, 0.2) is 0 Å². The summed E-state index contributed by atoms with van der Waals surface area (Å²) in [5.74, 6) is 0.911. The molecule has 5 rings (SSSR count). The highest BCUT2D eigenvalue weighted by molar-refractivity contribution is 5.75. The minimum atomic E-state index is -0.182. The molecule has 7 nitrogen and oxygen atoms in total. The zero-order chi connectivity index (χ0) is 23.3. The van der Waals surface area contributed by atoms with Crippen LogP contribution in [-0.4, -0.2) is 51.1 Å². The Hall–Kier alpha value is -2.67. The number of fused-ring (bicyclic) bond motifs is 3. The van der Waals surface area contributed by atoms with Crippen LogP contribution in [0.25, 0.3) is 0 Å². The van der Waals surface area contributed by atoms with E-state index in [1.54, 1.807) is 0 Å². The van der Waals surface area contributed by atoms with E-state index in [1.165, 1.54) is 16.7 Å². The first-order chi connectivity index (χ1) is 15.7. The van der Waals surface area contributed by atoms with Crippen molar-refractivity contribution < 1.29 is 4.79 Å². The van der Waals surface area contributed by atoms with E-state index in [-0.39, 0.29) is 23.0 Å². The van der Waals surface area contributed by atoms with E-state index >= 15 is 0 Å². The first-order valence-electron chi connectivity index (χ1n) is 12.2. The van der Waals surface area contributed by atoms with Gasteiger partial charge in [0.2, 0.25) is 0 Å². The van der Waals surface area contributed by atoms with Gasteiger partial charge < -0.3 is 10.2 Å². The fraction of sp³-hybridized carbons (Fsp3) is 0.577. The molecule has 1 atom stereocenters. The van der Waals surface area contributed by atoms with Crippen molar-refractivity contribution >= 4 is 6.03 Å². The number of likely N-dealkylation sites (tertiary alicyclic amines) is 1. The maximum Gasteiger partial charge on any atom is 0.317 e. The summed E-state index contributed by atoms with van der Waals surface area (Å²) < 4.78 is 1.91. The average molecular weight is 450 g/mol. The Kier molecular flexibility index (Phi) is 5.55. The summed E-state index contributed by atoms with van der Waals surface area (Å²) in [5, 5.41) is 3.00. The van der Waals surface area contributed by atoms with Crippen LogP contribution in [0.1, 0.15) is 60.5 Å². The number of benzene rings is 1. The molecular formula is C26H35N5O2. The van der Waals surface area contributed by atoms with Crippen LogP contribution in [-0.2, 0) is 31.5 Å². The summed E-state index contributed by atoms with van der Waals surface area (Å²) in [5.41, 5.74) is 5.63.